The van der Waals surface area contributed by atoms with Gasteiger partial charge in [-0.2, -0.15) is 0 Å². The van der Waals surface area contributed by atoms with Crippen molar-refractivity contribution >= 4 is 28.6 Å². The molecule has 86 valence electrons. The van der Waals surface area contributed by atoms with Crippen LogP contribution in [0.1, 0.15) is 18.6 Å². The maximum Gasteiger partial charge on any atom is 0.337 e. The fourth-order valence-corrected chi connectivity index (χ4v) is 1.84. The molecule has 0 heterocycles. The predicted molar refractivity (Wildman–Crippen MR) is 70.1 cm³/mol. The fraction of sp³-hybridized carbons (Fsp3) is 0.250. The summed E-state index contributed by atoms with van der Waals surface area (Å²) in [5.74, 6) is -0.478. The number of hydrogen-bond acceptors (Lipinski definition) is 3. The molecule has 0 aliphatic rings. The third-order valence-corrected chi connectivity index (χ3v) is 2.71. The van der Waals surface area contributed by atoms with Crippen molar-refractivity contribution in [2.75, 3.05) is 6.61 Å². The van der Waals surface area contributed by atoms with Gasteiger partial charge in [0.25, 0.3) is 0 Å². The molecule has 0 aliphatic heterocycles. The largest absolute Gasteiger partial charge is 0.463 e. The number of halogens is 1. The Morgan fingerprint density at radius 3 is 2.62 bits per heavy atom. The van der Waals surface area contributed by atoms with Crippen LogP contribution in [0.2, 0.25) is 0 Å². The van der Waals surface area contributed by atoms with Gasteiger partial charge in [0.2, 0.25) is 0 Å². The maximum absolute atomic E-state index is 11.5. The van der Waals surface area contributed by atoms with Crippen molar-refractivity contribution in [2.24, 2.45) is 0 Å². The quantitative estimate of drug-likeness (QED) is 0.524. The molecule has 0 aromatic heterocycles. The first kappa shape index (κ1) is 13.2. The molecule has 1 rings (SSSR count). The fourth-order valence-electron chi connectivity index (χ4n) is 1.25. The molecule has 1 N–H and O–H groups in total. The molecule has 1 aromatic rings. The van der Waals surface area contributed by atoms with E-state index in [9.17, 15) is 9.90 Å². The van der Waals surface area contributed by atoms with Crippen LogP contribution < -0.4 is 0 Å². The van der Waals surface area contributed by atoms with Gasteiger partial charge >= 0.3 is 5.97 Å². The Bertz CT molecular complexity index is 373. The first-order chi connectivity index (χ1) is 7.70. The van der Waals surface area contributed by atoms with Gasteiger partial charge in [0.05, 0.1) is 12.2 Å². The standard InChI is InChI=1S/C12H13IO3/c1-2-16-12(15)10(8-13)11(14)9-6-4-3-5-7-9/h3-8,11,14H,2H2,1H3/b10-8+. The summed E-state index contributed by atoms with van der Waals surface area (Å²) >= 11 is 1.92. The average Bonchev–Trinajstić information content (AvgIpc) is 2.31. The number of aliphatic hydroxyl groups is 1. The third kappa shape index (κ3) is 3.31. The predicted octanol–water partition coefficient (Wildman–Crippen LogP) is 2.60. The van der Waals surface area contributed by atoms with Crippen LogP contribution in [0.15, 0.2) is 40.0 Å². The molecule has 4 heteroatoms. The summed E-state index contributed by atoms with van der Waals surface area (Å²) in [6.45, 7) is 2.03. The number of ether oxygens (including phenoxy) is 1. The van der Waals surface area contributed by atoms with Crippen molar-refractivity contribution in [3.63, 3.8) is 0 Å². The van der Waals surface area contributed by atoms with E-state index in [1.807, 2.05) is 40.8 Å². The minimum Gasteiger partial charge on any atom is -0.463 e. The van der Waals surface area contributed by atoms with Gasteiger partial charge in [0.1, 0.15) is 6.10 Å². The molecule has 3 nitrogen and oxygen atoms in total. The molecule has 0 spiro atoms. The number of hydrogen-bond donors (Lipinski definition) is 1. The van der Waals surface area contributed by atoms with Gasteiger partial charge in [0.15, 0.2) is 0 Å². The Morgan fingerprint density at radius 1 is 1.50 bits per heavy atom. The highest BCUT2D eigenvalue weighted by atomic mass is 127. The van der Waals surface area contributed by atoms with E-state index < -0.39 is 12.1 Å². The summed E-state index contributed by atoms with van der Waals surface area (Å²) in [6.07, 6.45) is -0.933. The van der Waals surface area contributed by atoms with Crippen molar-refractivity contribution < 1.29 is 14.6 Å². The molecule has 0 amide bonds. The van der Waals surface area contributed by atoms with Crippen LogP contribution in [-0.2, 0) is 9.53 Å². The number of rotatable bonds is 4. The Balaban J connectivity index is 2.87. The van der Waals surface area contributed by atoms with Crippen molar-refractivity contribution in [2.45, 2.75) is 13.0 Å². The summed E-state index contributed by atoms with van der Waals surface area (Å²) in [5.41, 5.74) is 0.937. The van der Waals surface area contributed by atoms with E-state index in [1.54, 1.807) is 23.1 Å². The summed E-state index contributed by atoms with van der Waals surface area (Å²) in [6, 6.07) is 9.02. The molecule has 0 saturated heterocycles. The molecular weight excluding hydrogens is 319 g/mol. The van der Waals surface area contributed by atoms with E-state index in [4.69, 9.17) is 4.74 Å². The van der Waals surface area contributed by atoms with Crippen LogP contribution in [0.25, 0.3) is 0 Å². The van der Waals surface area contributed by atoms with Crippen LogP contribution in [0.5, 0.6) is 0 Å². The van der Waals surface area contributed by atoms with Crippen molar-refractivity contribution in [3.05, 3.63) is 45.6 Å². The maximum atomic E-state index is 11.5. The van der Waals surface area contributed by atoms with E-state index in [2.05, 4.69) is 0 Å². The second-order valence-electron chi connectivity index (χ2n) is 3.10. The Morgan fingerprint density at radius 2 is 2.12 bits per heavy atom. The zero-order valence-corrected chi connectivity index (χ0v) is 11.0. The molecule has 16 heavy (non-hydrogen) atoms. The molecular formula is C12H13IO3. The Labute approximate surface area is 108 Å². The van der Waals surface area contributed by atoms with Crippen LogP contribution in [0.3, 0.4) is 0 Å². The normalized spacial score (nSPS) is 13.3. The van der Waals surface area contributed by atoms with Crippen LogP contribution >= 0.6 is 22.6 Å². The molecule has 0 bridgehead atoms. The first-order valence-electron chi connectivity index (χ1n) is 4.91. The lowest BCUT2D eigenvalue weighted by Crippen LogP contribution is -2.14. The molecule has 1 atom stereocenters. The van der Waals surface area contributed by atoms with Crippen molar-refractivity contribution in [1.82, 2.24) is 0 Å². The van der Waals surface area contributed by atoms with Gasteiger partial charge in [-0.3, -0.25) is 0 Å². The number of benzene rings is 1. The monoisotopic (exact) mass is 332 g/mol. The van der Waals surface area contributed by atoms with Crippen LogP contribution in [0, 0.1) is 0 Å². The summed E-state index contributed by atoms with van der Waals surface area (Å²) in [7, 11) is 0. The van der Waals surface area contributed by atoms with E-state index >= 15 is 0 Å². The molecule has 1 unspecified atom stereocenters. The second-order valence-corrected chi connectivity index (χ2v) is 3.72. The lowest BCUT2D eigenvalue weighted by Gasteiger charge is -2.13. The second kappa shape index (κ2) is 6.65. The highest BCUT2D eigenvalue weighted by Gasteiger charge is 2.20. The Kier molecular flexibility index (Phi) is 5.48. The number of carbonyl (C=O) groups is 1. The van der Waals surface area contributed by atoms with Crippen molar-refractivity contribution in [3.8, 4) is 0 Å². The van der Waals surface area contributed by atoms with Gasteiger partial charge < -0.3 is 9.84 Å². The van der Waals surface area contributed by atoms with Gasteiger partial charge in [0, 0.05) is 0 Å². The zero-order valence-electron chi connectivity index (χ0n) is 8.89. The smallest absolute Gasteiger partial charge is 0.337 e. The summed E-state index contributed by atoms with van der Waals surface area (Å²) in [4.78, 5) is 11.5. The van der Waals surface area contributed by atoms with Gasteiger partial charge in [-0.25, -0.2) is 4.79 Å². The van der Waals surface area contributed by atoms with Gasteiger partial charge in [-0.05, 0) is 16.6 Å². The number of aliphatic hydroxyl groups excluding tert-OH is 1. The molecule has 0 fully saturated rings. The minimum absolute atomic E-state index is 0.258. The van der Waals surface area contributed by atoms with E-state index in [-0.39, 0.29) is 5.57 Å². The SMILES string of the molecule is CCOC(=O)/C(=C/I)C(O)c1ccccc1. The first-order valence-corrected chi connectivity index (χ1v) is 6.15. The number of esters is 1. The lowest BCUT2D eigenvalue weighted by atomic mass is 10.0. The van der Waals surface area contributed by atoms with E-state index in [1.165, 1.54) is 0 Å². The highest BCUT2D eigenvalue weighted by Crippen LogP contribution is 2.23. The molecule has 0 saturated carbocycles. The number of carbonyl (C=O) groups excluding carboxylic acids is 1. The van der Waals surface area contributed by atoms with E-state index in [0.29, 0.717) is 12.2 Å². The minimum atomic E-state index is -0.933. The van der Waals surface area contributed by atoms with Gasteiger partial charge in [-0.15, -0.1) is 0 Å². The third-order valence-electron chi connectivity index (χ3n) is 2.04. The van der Waals surface area contributed by atoms with Gasteiger partial charge in [-0.1, -0.05) is 52.9 Å². The summed E-state index contributed by atoms with van der Waals surface area (Å²) in [5, 5.41) is 10.0. The van der Waals surface area contributed by atoms with E-state index in [0.717, 1.165) is 0 Å². The molecule has 0 aliphatic carbocycles. The zero-order chi connectivity index (χ0) is 12.0. The van der Waals surface area contributed by atoms with Crippen LogP contribution in [-0.4, -0.2) is 17.7 Å². The highest BCUT2D eigenvalue weighted by molar-refractivity contribution is 14.1. The lowest BCUT2D eigenvalue weighted by molar-refractivity contribution is -0.139. The molecule has 1 aromatic carbocycles. The van der Waals surface area contributed by atoms with Crippen LogP contribution in [0.4, 0.5) is 0 Å². The average molecular weight is 332 g/mol. The Hall–Kier alpha value is -0.880. The topological polar surface area (TPSA) is 46.5 Å². The summed E-state index contributed by atoms with van der Waals surface area (Å²) < 4.78 is 6.41. The molecule has 0 radical (unpaired) electrons. The van der Waals surface area contributed by atoms with Crippen molar-refractivity contribution in [1.29, 1.82) is 0 Å².